The van der Waals surface area contributed by atoms with Gasteiger partial charge in [0.15, 0.2) is 5.75 Å². The van der Waals surface area contributed by atoms with E-state index in [-0.39, 0.29) is 5.69 Å². The van der Waals surface area contributed by atoms with Gasteiger partial charge in [-0.05, 0) is 6.07 Å². The van der Waals surface area contributed by atoms with Crippen LogP contribution >= 0.6 is 0 Å². The summed E-state index contributed by atoms with van der Waals surface area (Å²) in [5.41, 5.74) is -0.447. The van der Waals surface area contributed by atoms with Crippen molar-refractivity contribution in [2.24, 2.45) is 0 Å². The molecule has 0 aliphatic rings. The minimum absolute atomic E-state index is 0.0245. The topological polar surface area (TPSA) is 83.2 Å². The van der Waals surface area contributed by atoms with E-state index < -0.39 is 30.1 Å². The van der Waals surface area contributed by atoms with Gasteiger partial charge in [-0.1, -0.05) is 0 Å². The third-order valence-corrected chi connectivity index (χ3v) is 1.60. The molecule has 0 saturated heterocycles. The lowest BCUT2D eigenvalue weighted by Crippen LogP contribution is -2.18. The van der Waals surface area contributed by atoms with Crippen molar-refractivity contribution in [1.82, 2.24) is 4.98 Å². The highest BCUT2D eigenvalue weighted by molar-refractivity contribution is 5.69. The Morgan fingerprint density at radius 2 is 2.24 bits per heavy atom. The van der Waals surface area contributed by atoms with Crippen LogP contribution in [0.3, 0.4) is 0 Å². The number of hydrogen-bond acceptors (Lipinski definition) is 4. The predicted octanol–water partition coefficient (Wildman–Crippen LogP) is 1.48. The van der Waals surface area contributed by atoms with E-state index in [4.69, 9.17) is 10.4 Å². The number of ether oxygens (including phenoxy) is 1. The molecule has 5 nitrogen and oxygen atoms in total. The van der Waals surface area contributed by atoms with Gasteiger partial charge >= 0.3 is 12.3 Å². The maximum Gasteiger partial charge on any atom is 0.573 e. The molecule has 1 aromatic rings. The Bertz CT molecular complexity index is 479. The number of halogens is 3. The van der Waals surface area contributed by atoms with E-state index in [0.717, 1.165) is 6.07 Å². The first-order valence-corrected chi connectivity index (χ1v) is 4.18. The highest BCUT2D eigenvalue weighted by Crippen LogP contribution is 2.25. The van der Waals surface area contributed by atoms with Gasteiger partial charge in [-0.2, -0.15) is 5.26 Å². The van der Waals surface area contributed by atoms with Crippen LogP contribution in [-0.4, -0.2) is 22.4 Å². The molecule has 0 aliphatic carbocycles. The van der Waals surface area contributed by atoms with Crippen LogP contribution in [0.4, 0.5) is 13.2 Å². The molecule has 0 atom stereocenters. The highest BCUT2D eigenvalue weighted by atomic mass is 19.4. The average molecular weight is 246 g/mol. The van der Waals surface area contributed by atoms with Crippen LogP contribution in [0.15, 0.2) is 12.3 Å². The molecule has 0 saturated carbocycles. The van der Waals surface area contributed by atoms with E-state index in [1.165, 1.54) is 6.07 Å². The summed E-state index contributed by atoms with van der Waals surface area (Å²) in [5, 5.41) is 17.1. The van der Waals surface area contributed by atoms with Crippen LogP contribution in [0.2, 0.25) is 0 Å². The summed E-state index contributed by atoms with van der Waals surface area (Å²) in [5.74, 6) is -1.96. The van der Waals surface area contributed by atoms with Crippen LogP contribution in [-0.2, 0) is 11.2 Å². The number of carbonyl (C=O) groups is 1. The molecule has 0 radical (unpaired) electrons. The van der Waals surface area contributed by atoms with Gasteiger partial charge in [-0.3, -0.25) is 9.78 Å². The number of aliphatic carboxylic acids is 1. The van der Waals surface area contributed by atoms with Crippen molar-refractivity contribution in [3.8, 4) is 11.8 Å². The molecular formula is C9H5F3N2O3. The van der Waals surface area contributed by atoms with Crippen LogP contribution in [0.25, 0.3) is 0 Å². The molecule has 8 heteroatoms. The molecule has 0 spiro atoms. The van der Waals surface area contributed by atoms with Crippen molar-refractivity contribution < 1.29 is 27.8 Å². The summed E-state index contributed by atoms with van der Waals surface area (Å²) >= 11 is 0. The summed E-state index contributed by atoms with van der Waals surface area (Å²) in [6, 6.07) is 2.41. The van der Waals surface area contributed by atoms with Gasteiger partial charge in [0.1, 0.15) is 6.07 Å². The lowest BCUT2D eigenvalue weighted by Gasteiger charge is -2.10. The van der Waals surface area contributed by atoms with E-state index in [0.29, 0.717) is 6.20 Å². The summed E-state index contributed by atoms with van der Waals surface area (Å²) in [4.78, 5) is 13.8. The Hall–Kier alpha value is -2.30. The van der Waals surface area contributed by atoms with Crippen molar-refractivity contribution in [3.05, 3.63) is 23.5 Å². The summed E-state index contributed by atoms with van der Waals surface area (Å²) < 4.78 is 39.3. The zero-order chi connectivity index (χ0) is 13.1. The molecule has 17 heavy (non-hydrogen) atoms. The fraction of sp³-hybridized carbons (Fsp3) is 0.222. The molecule has 0 aliphatic heterocycles. The maximum absolute atomic E-state index is 11.9. The normalized spacial score (nSPS) is 10.7. The van der Waals surface area contributed by atoms with Crippen molar-refractivity contribution in [1.29, 1.82) is 5.26 Å². The van der Waals surface area contributed by atoms with Crippen LogP contribution in [0.1, 0.15) is 11.3 Å². The number of carboxylic acids is 1. The molecule has 90 valence electrons. The van der Waals surface area contributed by atoms with E-state index in [9.17, 15) is 18.0 Å². The number of nitriles is 1. The highest BCUT2D eigenvalue weighted by Gasteiger charge is 2.32. The van der Waals surface area contributed by atoms with Crippen molar-refractivity contribution in [3.63, 3.8) is 0 Å². The number of nitrogens with zero attached hydrogens (tertiary/aromatic N) is 2. The lowest BCUT2D eigenvalue weighted by atomic mass is 10.2. The first-order valence-electron chi connectivity index (χ1n) is 4.18. The minimum Gasteiger partial charge on any atom is -0.481 e. The number of alkyl halides is 3. The van der Waals surface area contributed by atoms with Gasteiger partial charge < -0.3 is 9.84 Å². The van der Waals surface area contributed by atoms with Gasteiger partial charge in [-0.25, -0.2) is 0 Å². The van der Waals surface area contributed by atoms with Gasteiger partial charge in [0.25, 0.3) is 0 Å². The maximum atomic E-state index is 11.9. The quantitative estimate of drug-likeness (QED) is 0.873. The van der Waals surface area contributed by atoms with Gasteiger partial charge in [0.2, 0.25) is 0 Å². The summed E-state index contributed by atoms with van der Waals surface area (Å²) in [6.07, 6.45) is -4.74. The first kappa shape index (κ1) is 12.8. The van der Waals surface area contributed by atoms with Gasteiger partial charge in [0, 0.05) is 0 Å². The molecule has 0 unspecified atom stereocenters. The zero-order valence-corrected chi connectivity index (χ0v) is 8.15. The fourth-order valence-electron chi connectivity index (χ4n) is 1.03. The first-order chi connectivity index (χ1) is 7.81. The van der Waals surface area contributed by atoms with E-state index in [2.05, 4.69) is 9.72 Å². The second-order valence-electron chi connectivity index (χ2n) is 2.90. The third-order valence-electron chi connectivity index (χ3n) is 1.60. The molecule has 0 amide bonds. The van der Waals surface area contributed by atoms with Crippen molar-refractivity contribution in [2.45, 2.75) is 12.8 Å². The standard InChI is InChI=1S/C9H5F3N2O3/c10-9(11,12)17-7-4-14-6(2-8(15)16)1-5(7)3-13/h1,4H,2H2,(H,15,16). The SMILES string of the molecule is N#Cc1cc(CC(=O)O)ncc1OC(F)(F)F. The Morgan fingerprint density at radius 1 is 1.59 bits per heavy atom. The zero-order valence-electron chi connectivity index (χ0n) is 8.15. The molecule has 1 N–H and O–H groups in total. The van der Waals surface area contributed by atoms with Gasteiger partial charge in [-0.15, -0.1) is 13.2 Å². The number of aromatic nitrogens is 1. The van der Waals surface area contributed by atoms with Crippen molar-refractivity contribution >= 4 is 5.97 Å². The molecule has 0 fully saturated rings. The van der Waals surface area contributed by atoms with Crippen LogP contribution in [0.5, 0.6) is 5.75 Å². The number of rotatable bonds is 3. The Balaban J connectivity index is 3.02. The fourth-order valence-corrected chi connectivity index (χ4v) is 1.03. The van der Waals surface area contributed by atoms with E-state index >= 15 is 0 Å². The van der Waals surface area contributed by atoms with Crippen LogP contribution < -0.4 is 4.74 Å². The molecule has 1 rings (SSSR count). The van der Waals surface area contributed by atoms with E-state index in [1.54, 1.807) is 0 Å². The molecule has 1 heterocycles. The largest absolute Gasteiger partial charge is 0.573 e. The number of hydrogen-bond donors (Lipinski definition) is 1. The smallest absolute Gasteiger partial charge is 0.481 e. The van der Waals surface area contributed by atoms with E-state index in [1.807, 2.05) is 0 Å². The van der Waals surface area contributed by atoms with Crippen molar-refractivity contribution in [2.75, 3.05) is 0 Å². The average Bonchev–Trinajstić information content (AvgIpc) is 2.17. The molecule has 0 aromatic carbocycles. The summed E-state index contributed by atoms with van der Waals surface area (Å²) in [7, 11) is 0. The number of pyridine rings is 1. The summed E-state index contributed by atoms with van der Waals surface area (Å²) in [6.45, 7) is 0. The molecule has 1 aromatic heterocycles. The second kappa shape index (κ2) is 4.69. The molecular weight excluding hydrogens is 241 g/mol. The second-order valence-corrected chi connectivity index (χ2v) is 2.90. The Morgan fingerprint density at radius 3 is 2.71 bits per heavy atom. The Kier molecular flexibility index (Phi) is 3.52. The minimum atomic E-state index is -4.93. The number of carboxylic acid groups (broad SMARTS) is 1. The Labute approximate surface area is 93.1 Å². The predicted molar refractivity (Wildman–Crippen MR) is 47.0 cm³/mol. The third kappa shape index (κ3) is 3.98. The van der Waals surface area contributed by atoms with Gasteiger partial charge in [0.05, 0.1) is 23.9 Å². The molecule has 0 bridgehead atoms. The monoisotopic (exact) mass is 246 g/mol. The lowest BCUT2D eigenvalue weighted by molar-refractivity contribution is -0.274. The van der Waals surface area contributed by atoms with Crippen LogP contribution in [0, 0.1) is 11.3 Å².